The lowest BCUT2D eigenvalue weighted by Crippen LogP contribution is -2.42. The normalized spacial score (nSPS) is 14.7. The van der Waals surface area contributed by atoms with Crippen LogP contribution in [0.2, 0.25) is 5.02 Å². The Balaban J connectivity index is 1.35. The number of amides is 2. The van der Waals surface area contributed by atoms with Gasteiger partial charge in [-0.3, -0.25) is 9.59 Å². The van der Waals surface area contributed by atoms with Gasteiger partial charge in [-0.25, -0.2) is 0 Å². The minimum absolute atomic E-state index is 0.0199. The summed E-state index contributed by atoms with van der Waals surface area (Å²) in [5.74, 6) is 1.54. The van der Waals surface area contributed by atoms with E-state index in [1.165, 1.54) is 0 Å². The van der Waals surface area contributed by atoms with Crippen LogP contribution in [0.3, 0.4) is 0 Å². The summed E-state index contributed by atoms with van der Waals surface area (Å²) in [5, 5.41) is 7.29. The molecule has 1 fully saturated rings. The zero-order valence-corrected chi connectivity index (χ0v) is 21.4. The summed E-state index contributed by atoms with van der Waals surface area (Å²) in [6.45, 7) is 5.45. The summed E-state index contributed by atoms with van der Waals surface area (Å²) in [6.07, 6.45) is 1.42. The van der Waals surface area contributed by atoms with Crippen LogP contribution < -0.4 is 15.4 Å². The van der Waals surface area contributed by atoms with E-state index in [1.54, 1.807) is 24.0 Å². The van der Waals surface area contributed by atoms with E-state index in [-0.39, 0.29) is 23.8 Å². The van der Waals surface area contributed by atoms with E-state index in [4.69, 9.17) is 16.3 Å². The molecule has 1 aliphatic heterocycles. The highest BCUT2D eigenvalue weighted by Gasteiger charge is 2.25. The molecular formula is C29H32ClN3O3. The first-order chi connectivity index (χ1) is 17.4. The number of anilines is 1. The van der Waals surface area contributed by atoms with E-state index in [1.807, 2.05) is 48.5 Å². The highest BCUT2D eigenvalue weighted by atomic mass is 35.5. The van der Waals surface area contributed by atoms with Crippen LogP contribution in [0.5, 0.6) is 11.5 Å². The average Bonchev–Trinajstić information content (AvgIpc) is 2.90. The summed E-state index contributed by atoms with van der Waals surface area (Å²) in [6, 6.07) is 23.3. The van der Waals surface area contributed by atoms with Crippen molar-refractivity contribution in [3.05, 3.63) is 88.9 Å². The number of likely N-dealkylation sites (tertiary alicyclic amines) is 1. The number of carbonyl (C=O) groups excluding carboxylic acids is 2. The van der Waals surface area contributed by atoms with Gasteiger partial charge in [-0.15, -0.1) is 0 Å². The van der Waals surface area contributed by atoms with Crippen LogP contribution in [0.25, 0.3) is 0 Å². The van der Waals surface area contributed by atoms with Crippen molar-refractivity contribution in [2.75, 3.05) is 18.4 Å². The fourth-order valence-electron chi connectivity index (χ4n) is 4.38. The number of nitrogens with zero attached hydrogens (tertiary/aromatic N) is 1. The van der Waals surface area contributed by atoms with Crippen LogP contribution in [-0.4, -0.2) is 29.8 Å². The van der Waals surface area contributed by atoms with Gasteiger partial charge in [-0.1, -0.05) is 48.0 Å². The number of hydrogen-bond acceptors (Lipinski definition) is 4. The number of carbonyl (C=O) groups is 2. The maximum Gasteiger partial charge on any atom is 0.223 e. The topological polar surface area (TPSA) is 70.7 Å². The lowest BCUT2D eigenvalue weighted by atomic mass is 9.95. The molecular weight excluding hydrogens is 474 g/mol. The summed E-state index contributed by atoms with van der Waals surface area (Å²) in [5.41, 5.74) is 3.04. The molecule has 4 rings (SSSR count). The number of hydrogen-bond donors (Lipinski definition) is 2. The van der Waals surface area contributed by atoms with Gasteiger partial charge in [0.15, 0.2) is 5.75 Å². The van der Waals surface area contributed by atoms with Gasteiger partial charge in [-0.05, 0) is 67.3 Å². The zero-order chi connectivity index (χ0) is 25.5. The van der Waals surface area contributed by atoms with Gasteiger partial charge in [0.2, 0.25) is 11.8 Å². The third kappa shape index (κ3) is 6.79. The second-order valence-electron chi connectivity index (χ2n) is 9.16. The Morgan fingerprint density at radius 2 is 1.75 bits per heavy atom. The number of halogens is 1. The molecule has 0 aromatic heterocycles. The molecule has 1 aliphatic rings. The maximum absolute atomic E-state index is 12.7. The van der Waals surface area contributed by atoms with Crippen LogP contribution in [-0.2, 0) is 16.1 Å². The van der Waals surface area contributed by atoms with E-state index in [2.05, 4.69) is 29.7 Å². The van der Waals surface area contributed by atoms with Crippen LogP contribution in [0.1, 0.15) is 43.9 Å². The van der Waals surface area contributed by atoms with E-state index in [0.717, 1.165) is 22.6 Å². The Bertz CT molecular complexity index is 1190. The summed E-state index contributed by atoms with van der Waals surface area (Å²) in [7, 11) is 0. The fraction of sp³-hybridized carbons (Fsp3) is 0.310. The molecule has 1 saturated heterocycles. The van der Waals surface area contributed by atoms with Crippen LogP contribution >= 0.6 is 11.6 Å². The molecule has 0 saturated carbocycles. The first-order valence-corrected chi connectivity index (χ1v) is 12.7. The second kappa shape index (κ2) is 12.0. The van der Waals surface area contributed by atoms with Gasteiger partial charge in [-0.2, -0.15) is 0 Å². The Hall–Kier alpha value is -3.51. The fourth-order valence-corrected chi connectivity index (χ4v) is 4.51. The van der Waals surface area contributed by atoms with Crippen LogP contribution in [0.15, 0.2) is 72.8 Å². The molecule has 6 nitrogen and oxygen atoms in total. The van der Waals surface area contributed by atoms with Crippen molar-refractivity contribution in [1.29, 1.82) is 0 Å². The van der Waals surface area contributed by atoms with E-state index >= 15 is 0 Å². The largest absolute Gasteiger partial charge is 0.455 e. The summed E-state index contributed by atoms with van der Waals surface area (Å²) < 4.78 is 6.08. The molecule has 1 atom stereocenters. The summed E-state index contributed by atoms with van der Waals surface area (Å²) in [4.78, 5) is 26.0. The van der Waals surface area contributed by atoms with Gasteiger partial charge in [0.25, 0.3) is 0 Å². The van der Waals surface area contributed by atoms with Gasteiger partial charge in [0.05, 0.1) is 5.69 Å². The summed E-state index contributed by atoms with van der Waals surface area (Å²) >= 11 is 5.99. The Morgan fingerprint density at radius 1 is 1.03 bits per heavy atom. The van der Waals surface area contributed by atoms with Gasteiger partial charge >= 0.3 is 0 Å². The highest BCUT2D eigenvalue weighted by molar-refractivity contribution is 6.30. The van der Waals surface area contributed by atoms with Gasteiger partial charge in [0, 0.05) is 43.5 Å². The first kappa shape index (κ1) is 25.6. The van der Waals surface area contributed by atoms with Crippen molar-refractivity contribution in [3.8, 4) is 11.5 Å². The van der Waals surface area contributed by atoms with Crippen molar-refractivity contribution in [1.82, 2.24) is 10.2 Å². The lowest BCUT2D eigenvalue weighted by molar-refractivity contribution is -0.134. The molecule has 0 aliphatic carbocycles. The van der Waals surface area contributed by atoms with Crippen LogP contribution in [0, 0.1) is 5.92 Å². The monoisotopic (exact) mass is 505 g/mol. The standard InChI is InChI=1S/C29H32ClN3O3/c1-20(32-27-8-3-4-9-28(27)36-26-12-10-25(30)11-13-26)24-7-5-6-22(18-24)19-31-29(35)23-14-16-33(17-15-23)21(2)34/h3-13,18,20,23,32H,14-17,19H2,1-2H3,(H,31,35). The molecule has 1 heterocycles. The quantitative estimate of drug-likeness (QED) is 0.383. The smallest absolute Gasteiger partial charge is 0.223 e. The third-order valence-electron chi connectivity index (χ3n) is 6.53. The van der Waals surface area contributed by atoms with E-state index < -0.39 is 0 Å². The van der Waals surface area contributed by atoms with Crippen LogP contribution in [0.4, 0.5) is 5.69 Å². The van der Waals surface area contributed by atoms with Crippen molar-refractivity contribution in [3.63, 3.8) is 0 Å². The zero-order valence-electron chi connectivity index (χ0n) is 20.7. The van der Waals surface area contributed by atoms with Crippen molar-refractivity contribution in [2.45, 2.75) is 39.3 Å². The molecule has 7 heteroatoms. The Morgan fingerprint density at radius 3 is 2.47 bits per heavy atom. The van der Waals surface area contributed by atoms with Gasteiger partial charge in [0.1, 0.15) is 5.75 Å². The van der Waals surface area contributed by atoms with Crippen molar-refractivity contribution in [2.24, 2.45) is 5.92 Å². The third-order valence-corrected chi connectivity index (χ3v) is 6.78. The number of rotatable bonds is 8. The molecule has 0 spiro atoms. The molecule has 2 N–H and O–H groups in total. The minimum Gasteiger partial charge on any atom is -0.455 e. The first-order valence-electron chi connectivity index (χ1n) is 12.3. The molecule has 36 heavy (non-hydrogen) atoms. The molecule has 0 bridgehead atoms. The van der Waals surface area contributed by atoms with Crippen molar-refractivity contribution < 1.29 is 14.3 Å². The van der Waals surface area contributed by atoms with E-state index in [0.29, 0.717) is 43.2 Å². The average molecular weight is 506 g/mol. The molecule has 0 radical (unpaired) electrons. The minimum atomic E-state index is -0.0403. The predicted molar refractivity (Wildman–Crippen MR) is 143 cm³/mol. The predicted octanol–water partition coefficient (Wildman–Crippen LogP) is 6.18. The maximum atomic E-state index is 12.7. The molecule has 3 aromatic rings. The highest BCUT2D eigenvalue weighted by Crippen LogP contribution is 2.32. The Labute approximate surface area is 217 Å². The number of para-hydroxylation sites is 2. The SMILES string of the molecule is CC(=O)N1CCC(C(=O)NCc2cccc(C(C)Nc3ccccc3Oc3ccc(Cl)cc3)c2)CC1. The second-order valence-corrected chi connectivity index (χ2v) is 9.60. The molecule has 2 amide bonds. The molecule has 188 valence electrons. The lowest BCUT2D eigenvalue weighted by Gasteiger charge is -2.30. The number of nitrogens with one attached hydrogen (secondary N) is 2. The van der Waals surface area contributed by atoms with Crippen molar-refractivity contribution >= 4 is 29.1 Å². The number of piperidine rings is 1. The number of benzene rings is 3. The molecule has 1 unspecified atom stereocenters. The number of ether oxygens (including phenoxy) is 1. The van der Waals surface area contributed by atoms with E-state index in [9.17, 15) is 9.59 Å². The Kier molecular flexibility index (Phi) is 8.49. The molecule has 3 aromatic carbocycles. The van der Waals surface area contributed by atoms with Gasteiger partial charge < -0.3 is 20.3 Å².